The Balaban J connectivity index is 2.62. The molecule has 0 heterocycles. The zero-order valence-corrected chi connectivity index (χ0v) is 9.34. The standard InChI is InChI=1S/C11H14N2O3/c1-3-4-9(2)12-16-11-7-5-10(6-8-11)13(14)15/h5-8H,3-4H2,1-2H3/b12-9+. The van der Waals surface area contributed by atoms with Crippen molar-refractivity contribution in [2.45, 2.75) is 26.7 Å². The zero-order valence-electron chi connectivity index (χ0n) is 9.34. The van der Waals surface area contributed by atoms with Gasteiger partial charge in [-0.3, -0.25) is 10.1 Å². The topological polar surface area (TPSA) is 64.7 Å². The fourth-order valence-electron chi connectivity index (χ4n) is 1.17. The van der Waals surface area contributed by atoms with E-state index >= 15 is 0 Å². The zero-order chi connectivity index (χ0) is 12.0. The average molecular weight is 222 g/mol. The van der Waals surface area contributed by atoms with Gasteiger partial charge in [-0.25, -0.2) is 0 Å². The Morgan fingerprint density at radius 3 is 2.56 bits per heavy atom. The van der Waals surface area contributed by atoms with E-state index in [4.69, 9.17) is 4.84 Å². The van der Waals surface area contributed by atoms with Crippen LogP contribution in [0.1, 0.15) is 26.7 Å². The van der Waals surface area contributed by atoms with Crippen molar-refractivity contribution in [3.8, 4) is 5.75 Å². The van der Waals surface area contributed by atoms with Gasteiger partial charge in [0.1, 0.15) is 0 Å². The van der Waals surface area contributed by atoms with Crippen LogP contribution in [0.2, 0.25) is 0 Å². The summed E-state index contributed by atoms with van der Waals surface area (Å²) in [6.45, 7) is 3.94. The minimum Gasteiger partial charge on any atom is -0.357 e. The quantitative estimate of drug-likeness (QED) is 0.436. The predicted molar refractivity (Wildman–Crippen MR) is 61.7 cm³/mol. The number of nitro groups is 1. The Labute approximate surface area is 93.9 Å². The second-order valence-electron chi connectivity index (χ2n) is 3.42. The number of hydrogen-bond donors (Lipinski definition) is 0. The van der Waals surface area contributed by atoms with E-state index in [1.807, 2.05) is 6.92 Å². The van der Waals surface area contributed by atoms with Gasteiger partial charge in [0.05, 0.1) is 10.6 Å². The van der Waals surface area contributed by atoms with E-state index in [-0.39, 0.29) is 5.69 Å². The molecule has 0 spiro atoms. The van der Waals surface area contributed by atoms with Crippen LogP contribution in [0.25, 0.3) is 0 Å². The van der Waals surface area contributed by atoms with Gasteiger partial charge in [-0.15, -0.1) is 0 Å². The minimum absolute atomic E-state index is 0.0432. The van der Waals surface area contributed by atoms with Crippen molar-refractivity contribution in [3.63, 3.8) is 0 Å². The van der Waals surface area contributed by atoms with Gasteiger partial charge in [-0.2, -0.15) is 0 Å². The normalized spacial score (nSPS) is 11.2. The number of oxime groups is 1. The number of rotatable bonds is 5. The molecule has 0 amide bonds. The number of nitrogens with zero attached hydrogens (tertiary/aromatic N) is 2. The maximum Gasteiger partial charge on any atom is 0.269 e. The van der Waals surface area contributed by atoms with E-state index in [2.05, 4.69) is 12.1 Å². The molecule has 0 aromatic heterocycles. The monoisotopic (exact) mass is 222 g/mol. The average Bonchev–Trinajstić information content (AvgIpc) is 2.27. The second kappa shape index (κ2) is 5.85. The molecule has 1 aromatic rings. The highest BCUT2D eigenvalue weighted by Crippen LogP contribution is 2.17. The summed E-state index contributed by atoms with van der Waals surface area (Å²) in [4.78, 5) is 15.1. The van der Waals surface area contributed by atoms with Gasteiger partial charge in [0.25, 0.3) is 5.69 Å². The maximum absolute atomic E-state index is 10.4. The lowest BCUT2D eigenvalue weighted by atomic mass is 10.2. The second-order valence-corrected chi connectivity index (χ2v) is 3.42. The number of hydrogen-bond acceptors (Lipinski definition) is 4. The summed E-state index contributed by atoms with van der Waals surface area (Å²) in [6, 6.07) is 5.84. The number of non-ortho nitro benzene ring substituents is 1. The molecule has 0 aliphatic carbocycles. The van der Waals surface area contributed by atoms with Crippen molar-refractivity contribution in [2.24, 2.45) is 5.16 Å². The van der Waals surface area contributed by atoms with Gasteiger partial charge in [-0.1, -0.05) is 18.5 Å². The Bertz CT molecular complexity index is 385. The fraction of sp³-hybridized carbons (Fsp3) is 0.364. The van der Waals surface area contributed by atoms with E-state index < -0.39 is 4.92 Å². The van der Waals surface area contributed by atoms with Crippen LogP contribution >= 0.6 is 0 Å². The first-order chi connectivity index (χ1) is 7.63. The van der Waals surface area contributed by atoms with Crippen LogP contribution in [0.4, 0.5) is 5.69 Å². The molecule has 16 heavy (non-hydrogen) atoms. The molecule has 86 valence electrons. The van der Waals surface area contributed by atoms with Crippen LogP contribution in [0.5, 0.6) is 5.75 Å². The smallest absolute Gasteiger partial charge is 0.269 e. The van der Waals surface area contributed by atoms with Gasteiger partial charge in [-0.05, 0) is 25.5 Å². The van der Waals surface area contributed by atoms with Crippen molar-refractivity contribution in [1.29, 1.82) is 0 Å². The first-order valence-electron chi connectivity index (χ1n) is 5.08. The van der Waals surface area contributed by atoms with Crippen molar-refractivity contribution in [1.82, 2.24) is 0 Å². The Kier molecular flexibility index (Phi) is 4.44. The molecule has 0 fully saturated rings. The molecule has 0 aliphatic heterocycles. The van der Waals surface area contributed by atoms with Gasteiger partial charge in [0.2, 0.25) is 0 Å². The lowest BCUT2D eigenvalue weighted by molar-refractivity contribution is -0.384. The van der Waals surface area contributed by atoms with Crippen LogP contribution < -0.4 is 4.84 Å². The maximum atomic E-state index is 10.4. The van der Waals surface area contributed by atoms with Gasteiger partial charge >= 0.3 is 0 Å². The highest BCUT2D eigenvalue weighted by Gasteiger charge is 2.04. The molecular weight excluding hydrogens is 208 g/mol. The van der Waals surface area contributed by atoms with E-state index in [1.54, 1.807) is 0 Å². The van der Waals surface area contributed by atoms with Crippen molar-refractivity contribution in [3.05, 3.63) is 34.4 Å². The molecule has 0 N–H and O–H groups in total. The molecule has 1 rings (SSSR count). The minimum atomic E-state index is -0.449. The molecule has 0 atom stereocenters. The molecule has 5 nitrogen and oxygen atoms in total. The van der Waals surface area contributed by atoms with Gasteiger partial charge < -0.3 is 4.84 Å². The molecule has 0 bridgehead atoms. The van der Waals surface area contributed by atoms with Crippen LogP contribution in [0.15, 0.2) is 29.4 Å². The molecule has 0 unspecified atom stereocenters. The Morgan fingerprint density at radius 2 is 2.06 bits per heavy atom. The summed E-state index contributed by atoms with van der Waals surface area (Å²) in [6.07, 6.45) is 1.89. The largest absolute Gasteiger partial charge is 0.357 e. The molecule has 0 saturated carbocycles. The summed E-state index contributed by atoms with van der Waals surface area (Å²) in [7, 11) is 0. The van der Waals surface area contributed by atoms with Crippen LogP contribution in [0, 0.1) is 10.1 Å². The van der Waals surface area contributed by atoms with Crippen molar-refractivity contribution < 1.29 is 9.76 Å². The summed E-state index contributed by atoms with van der Waals surface area (Å²) in [5, 5.41) is 14.3. The molecule has 5 heteroatoms. The summed E-state index contributed by atoms with van der Waals surface area (Å²) in [5.74, 6) is 0.501. The third-order valence-electron chi connectivity index (χ3n) is 1.97. The van der Waals surface area contributed by atoms with E-state index in [0.717, 1.165) is 18.6 Å². The Morgan fingerprint density at radius 1 is 1.44 bits per heavy atom. The highest BCUT2D eigenvalue weighted by molar-refractivity contribution is 5.81. The van der Waals surface area contributed by atoms with Crippen LogP contribution in [-0.2, 0) is 0 Å². The SMILES string of the molecule is CCC/C(C)=N/Oc1ccc([N+](=O)[O-])cc1. The molecular formula is C11H14N2O3. The Hall–Kier alpha value is -1.91. The van der Waals surface area contributed by atoms with Gasteiger partial charge in [0.15, 0.2) is 5.75 Å². The fourth-order valence-corrected chi connectivity index (χ4v) is 1.17. The number of benzene rings is 1. The lowest BCUT2D eigenvalue weighted by Gasteiger charge is -2.00. The summed E-state index contributed by atoms with van der Waals surface area (Å²) >= 11 is 0. The first kappa shape index (κ1) is 12.2. The highest BCUT2D eigenvalue weighted by atomic mass is 16.6. The van der Waals surface area contributed by atoms with Crippen LogP contribution in [0.3, 0.4) is 0 Å². The summed E-state index contributed by atoms with van der Waals surface area (Å²) < 4.78 is 0. The molecule has 1 aromatic carbocycles. The molecule has 0 radical (unpaired) electrons. The molecule has 0 aliphatic rings. The van der Waals surface area contributed by atoms with E-state index in [1.165, 1.54) is 24.3 Å². The first-order valence-corrected chi connectivity index (χ1v) is 5.08. The number of nitro benzene ring substituents is 1. The predicted octanol–water partition coefficient (Wildman–Crippen LogP) is 3.15. The van der Waals surface area contributed by atoms with Gasteiger partial charge in [0, 0.05) is 12.1 Å². The third-order valence-corrected chi connectivity index (χ3v) is 1.97. The van der Waals surface area contributed by atoms with E-state index in [9.17, 15) is 10.1 Å². The third kappa shape index (κ3) is 3.68. The summed E-state index contributed by atoms with van der Waals surface area (Å²) in [5.41, 5.74) is 0.947. The van der Waals surface area contributed by atoms with Crippen molar-refractivity contribution in [2.75, 3.05) is 0 Å². The lowest BCUT2D eigenvalue weighted by Crippen LogP contribution is -1.94. The van der Waals surface area contributed by atoms with Crippen LogP contribution in [-0.4, -0.2) is 10.6 Å². The van der Waals surface area contributed by atoms with E-state index in [0.29, 0.717) is 5.75 Å². The van der Waals surface area contributed by atoms with Crippen molar-refractivity contribution >= 4 is 11.4 Å². The molecule has 0 saturated heterocycles.